The summed E-state index contributed by atoms with van der Waals surface area (Å²) >= 11 is 1.89. The Balaban J connectivity index is 1.10. The molecule has 0 radical (unpaired) electrons. The van der Waals surface area contributed by atoms with Crippen LogP contribution < -0.4 is 4.90 Å². The molecule has 0 fully saturated rings. The molecule has 246 valence electrons. The minimum atomic E-state index is 1.12. The van der Waals surface area contributed by atoms with Gasteiger partial charge in [-0.1, -0.05) is 121 Å². The van der Waals surface area contributed by atoms with Crippen LogP contribution >= 0.6 is 11.3 Å². The van der Waals surface area contributed by atoms with Gasteiger partial charge in [-0.05, 0) is 101 Å². The summed E-state index contributed by atoms with van der Waals surface area (Å²) < 4.78 is 5.12. The molecule has 0 aliphatic carbocycles. The minimum absolute atomic E-state index is 1.12. The van der Waals surface area contributed by atoms with E-state index in [1.807, 2.05) is 11.3 Å². The summed E-state index contributed by atoms with van der Waals surface area (Å²) in [5, 5.41) is 5.16. The zero-order valence-electron chi connectivity index (χ0n) is 28.7. The van der Waals surface area contributed by atoms with Gasteiger partial charge < -0.3 is 9.47 Å². The summed E-state index contributed by atoms with van der Waals surface area (Å²) in [5.74, 6) is 0. The standard InChI is InChI=1S/C49H34N2S/c1-33-29-36(41-19-12-20-45-44-18-9-11-22-48(44)52-49(41)45)31-40(30-33)51-46-21-10-8-17-42(46)43-28-25-35(32-47(43)51)34-23-26-39(27-24-34)50(37-13-4-2-5-14-37)38-15-6-3-7-16-38/h2-32H,1H3. The van der Waals surface area contributed by atoms with Crippen LogP contribution in [0.15, 0.2) is 188 Å². The van der Waals surface area contributed by atoms with E-state index in [1.165, 1.54) is 75.5 Å². The van der Waals surface area contributed by atoms with Gasteiger partial charge in [0.15, 0.2) is 0 Å². The Morgan fingerprint density at radius 1 is 0.423 bits per heavy atom. The van der Waals surface area contributed by atoms with Crippen molar-refractivity contribution in [1.82, 2.24) is 4.57 Å². The van der Waals surface area contributed by atoms with Gasteiger partial charge in [0.25, 0.3) is 0 Å². The second-order valence-electron chi connectivity index (χ2n) is 13.5. The topological polar surface area (TPSA) is 8.17 Å². The smallest absolute Gasteiger partial charge is 0.0547 e. The molecule has 2 aromatic heterocycles. The van der Waals surface area contributed by atoms with Crippen molar-refractivity contribution in [3.63, 3.8) is 0 Å². The van der Waals surface area contributed by atoms with Crippen LogP contribution in [0.1, 0.15) is 5.56 Å². The third-order valence-electron chi connectivity index (χ3n) is 10.2. The number of aryl methyl sites for hydroxylation is 1. The van der Waals surface area contributed by atoms with Crippen molar-refractivity contribution in [2.45, 2.75) is 6.92 Å². The fourth-order valence-corrected chi connectivity index (χ4v) is 9.09. The Morgan fingerprint density at radius 2 is 1.04 bits per heavy atom. The Labute approximate surface area is 307 Å². The van der Waals surface area contributed by atoms with Crippen LogP contribution in [0, 0.1) is 6.92 Å². The van der Waals surface area contributed by atoms with Crippen molar-refractivity contribution in [3.8, 4) is 27.9 Å². The first kappa shape index (κ1) is 30.4. The van der Waals surface area contributed by atoms with E-state index in [4.69, 9.17) is 0 Å². The molecule has 0 atom stereocenters. The summed E-state index contributed by atoms with van der Waals surface area (Å²) in [4.78, 5) is 2.31. The first-order chi connectivity index (χ1) is 25.7. The Morgan fingerprint density at radius 3 is 1.81 bits per heavy atom. The van der Waals surface area contributed by atoms with Gasteiger partial charge in [0.2, 0.25) is 0 Å². The molecule has 10 rings (SSSR count). The molecule has 3 heteroatoms. The molecule has 0 saturated heterocycles. The van der Waals surface area contributed by atoms with E-state index in [2.05, 4.69) is 204 Å². The largest absolute Gasteiger partial charge is 0.311 e. The van der Waals surface area contributed by atoms with Crippen LogP contribution in [0.25, 0.3) is 69.9 Å². The fourth-order valence-electron chi connectivity index (χ4n) is 7.85. The fraction of sp³-hybridized carbons (Fsp3) is 0.0204. The molecule has 0 bridgehead atoms. The molecule has 8 aromatic carbocycles. The molecule has 52 heavy (non-hydrogen) atoms. The first-order valence-electron chi connectivity index (χ1n) is 17.8. The van der Waals surface area contributed by atoms with Crippen molar-refractivity contribution < 1.29 is 0 Å². The maximum Gasteiger partial charge on any atom is 0.0547 e. The van der Waals surface area contributed by atoms with Crippen molar-refractivity contribution in [2.75, 3.05) is 4.90 Å². The number of nitrogens with zero attached hydrogens (tertiary/aromatic N) is 2. The predicted octanol–water partition coefficient (Wildman–Crippen LogP) is 14.3. The maximum atomic E-state index is 2.45. The predicted molar refractivity (Wildman–Crippen MR) is 224 cm³/mol. The lowest BCUT2D eigenvalue weighted by Crippen LogP contribution is -2.09. The number of aromatic nitrogens is 1. The highest BCUT2D eigenvalue weighted by atomic mass is 32.1. The van der Waals surface area contributed by atoms with E-state index in [-0.39, 0.29) is 0 Å². The highest BCUT2D eigenvalue weighted by Gasteiger charge is 2.17. The van der Waals surface area contributed by atoms with Crippen molar-refractivity contribution in [3.05, 3.63) is 194 Å². The second kappa shape index (κ2) is 12.4. The Hall–Kier alpha value is -6.42. The van der Waals surface area contributed by atoms with Gasteiger partial charge in [-0.2, -0.15) is 0 Å². The van der Waals surface area contributed by atoms with Crippen LogP contribution in [-0.4, -0.2) is 4.57 Å². The number of fused-ring (bicyclic) bond motifs is 6. The zero-order valence-corrected chi connectivity index (χ0v) is 29.5. The normalized spacial score (nSPS) is 11.6. The Bertz CT molecular complexity index is 2860. The van der Waals surface area contributed by atoms with Crippen molar-refractivity contribution in [1.29, 1.82) is 0 Å². The van der Waals surface area contributed by atoms with Crippen molar-refractivity contribution in [2.24, 2.45) is 0 Å². The van der Waals surface area contributed by atoms with Gasteiger partial charge in [0.05, 0.1) is 11.0 Å². The average molecular weight is 683 g/mol. The average Bonchev–Trinajstić information content (AvgIpc) is 3.74. The maximum absolute atomic E-state index is 2.45. The molecule has 0 aliphatic rings. The number of rotatable bonds is 6. The molecule has 0 spiro atoms. The van der Waals surface area contributed by atoms with E-state index >= 15 is 0 Å². The van der Waals surface area contributed by atoms with E-state index in [9.17, 15) is 0 Å². The summed E-state index contributed by atoms with van der Waals surface area (Å²) in [5.41, 5.74) is 13.1. The van der Waals surface area contributed by atoms with E-state index in [0.29, 0.717) is 0 Å². The van der Waals surface area contributed by atoms with E-state index in [0.717, 1.165) is 17.1 Å². The SMILES string of the molecule is Cc1cc(-c2cccc3c2sc2ccccc23)cc(-n2c3ccccc3c3ccc(-c4ccc(N(c5ccccc5)c5ccccc5)cc4)cc32)c1. The number of thiophene rings is 1. The van der Waals surface area contributed by atoms with Crippen LogP contribution in [0.4, 0.5) is 17.1 Å². The molecule has 0 aliphatic heterocycles. The lowest BCUT2D eigenvalue weighted by Gasteiger charge is -2.25. The second-order valence-corrected chi connectivity index (χ2v) is 14.5. The van der Waals surface area contributed by atoms with E-state index in [1.54, 1.807) is 0 Å². The van der Waals surface area contributed by atoms with Gasteiger partial charge in [0, 0.05) is 53.7 Å². The molecule has 0 amide bonds. The van der Waals surface area contributed by atoms with Gasteiger partial charge in [0.1, 0.15) is 0 Å². The molecular formula is C49H34N2S. The monoisotopic (exact) mass is 682 g/mol. The number of hydrogen-bond acceptors (Lipinski definition) is 2. The van der Waals surface area contributed by atoms with E-state index < -0.39 is 0 Å². The van der Waals surface area contributed by atoms with Crippen LogP contribution in [0.5, 0.6) is 0 Å². The number of benzene rings is 8. The van der Waals surface area contributed by atoms with Crippen LogP contribution in [-0.2, 0) is 0 Å². The summed E-state index contributed by atoms with van der Waals surface area (Å²) in [7, 11) is 0. The highest BCUT2D eigenvalue weighted by Crippen LogP contribution is 2.42. The number of anilines is 3. The molecule has 10 aromatic rings. The lowest BCUT2D eigenvalue weighted by atomic mass is 10.00. The molecular weight excluding hydrogens is 649 g/mol. The molecule has 2 heterocycles. The third-order valence-corrected chi connectivity index (χ3v) is 11.4. The quantitative estimate of drug-likeness (QED) is 0.169. The highest BCUT2D eigenvalue weighted by molar-refractivity contribution is 7.26. The minimum Gasteiger partial charge on any atom is -0.311 e. The van der Waals surface area contributed by atoms with Gasteiger partial charge in [-0.25, -0.2) is 0 Å². The zero-order chi connectivity index (χ0) is 34.6. The lowest BCUT2D eigenvalue weighted by molar-refractivity contribution is 1.17. The summed E-state index contributed by atoms with van der Waals surface area (Å²) in [6, 6.07) is 68.4. The summed E-state index contributed by atoms with van der Waals surface area (Å²) in [6.07, 6.45) is 0. The van der Waals surface area contributed by atoms with Crippen molar-refractivity contribution >= 4 is 70.4 Å². The number of para-hydroxylation sites is 3. The molecule has 0 saturated carbocycles. The van der Waals surface area contributed by atoms with Gasteiger partial charge >= 0.3 is 0 Å². The number of hydrogen-bond donors (Lipinski definition) is 0. The summed E-state index contributed by atoms with van der Waals surface area (Å²) in [6.45, 7) is 2.22. The van der Waals surface area contributed by atoms with Crippen LogP contribution in [0.2, 0.25) is 0 Å². The molecule has 0 unspecified atom stereocenters. The Kier molecular flexibility index (Phi) is 7.26. The first-order valence-corrected chi connectivity index (χ1v) is 18.6. The molecule has 0 N–H and O–H groups in total. The third kappa shape index (κ3) is 5.09. The van der Waals surface area contributed by atoms with Gasteiger partial charge in [-0.3, -0.25) is 0 Å². The van der Waals surface area contributed by atoms with Crippen LogP contribution in [0.3, 0.4) is 0 Å². The van der Waals surface area contributed by atoms with Gasteiger partial charge in [-0.15, -0.1) is 11.3 Å². The molecule has 2 nitrogen and oxygen atoms in total.